The van der Waals surface area contributed by atoms with Crippen LogP contribution in [0.25, 0.3) is 0 Å². The Morgan fingerprint density at radius 1 is 1.39 bits per heavy atom. The first-order chi connectivity index (χ1) is 12.9. The number of methoxy groups -OCH3 is 1. The predicted octanol–water partition coefficient (Wildman–Crippen LogP) is 1.06. The van der Waals surface area contributed by atoms with Crippen molar-refractivity contribution in [3.63, 3.8) is 0 Å². The fraction of sp³-hybridized carbons (Fsp3) is 0.650. The average Bonchev–Trinajstić information content (AvgIpc) is 2.98. The Balaban J connectivity index is 2.13. The third kappa shape index (κ3) is 3.00. The third-order valence-electron chi connectivity index (χ3n) is 5.70. The SMILES string of the molecule is C=C1C(=O)O[C@@H]2/C=C(/C)[C@]3(O)O[C@](C)(C[C@@H](OC(=O)C(C)C)[C@@H]12)C(=O)[C@@H]3OC. The van der Waals surface area contributed by atoms with Gasteiger partial charge in [-0.1, -0.05) is 20.4 Å². The lowest BCUT2D eigenvalue weighted by atomic mass is 9.80. The van der Waals surface area contributed by atoms with Crippen LogP contribution < -0.4 is 0 Å². The van der Waals surface area contributed by atoms with Crippen LogP contribution >= 0.6 is 0 Å². The molecule has 3 aliphatic rings. The number of fused-ring (bicyclic) bond motifs is 3. The normalized spacial score (nSPS) is 42.2. The summed E-state index contributed by atoms with van der Waals surface area (Å²) >= 11 is 0. The van der Waals surface area contributed by atoms with Crippen LogP contribution in [0.2, 0.25) is 0 Å². The average molecular weight is 394 g/mol. The molecule has 8 heteroatoms. The Labute approximate surface area is 163 Å². The van der Waals surface area contributed by atoms with Crippen molar-refractivity contribution in [1.29, 1.82) is 0 Å². The van der Waals surface area contributed by atoms with Gasteiger partial charge >= 0.3 is 11.9 Å². The smallest absolute Gasteiger partial charge is 0.334 e. The number of rotatable bonds is 3. The summed E-state index contributed by atoms with van der Waals surface area (Å²) in [7, 11) is 1.30. The topological polar surface area (TPSA) is 108 Å². The molecule has 0 aliphatic carbocycles. The highest BCUT2D eigenvalue weighted by molar-refractivity contribution is 5.95. The number of carbonyl (C=O) groups is 3. The minimum Gasteiger partial charge on any atom is -0.461 e. The Bertz CT molecular complexity index is 768. The molecule has 154 valence electrons. The first kappa shape index (κ1) is 20.7. The number of aliphatic hydroxyl groups is 1. The van der Waals surface area contributed by atoms with E-state index in [-0.39, 0.29) is 17.6 Å². The Morgan fingerprint density at radius 3 is 2.61 bits per heavy atom. The molecule has 0 saturated carbocycles. The summed E-state index contributed by atoms with van der Waals surface area (Å²) in [5, 5.41) is 11.1. The first-order valence-corrected chi connectivity index (χ1v) is 9.23. The van der Waals surface area contributed by atoms with E-state index >= 15 is 0 Å². The molecule has 1 N–H and O–H groups in total. The monoisotopic (exact) mass is 394 g/mol. The summed E-state index contributed by atoms with van der Waals surface area (Å²) in [6.07, 6.45) is -1.55. The Hall–Kier alpha value is -2.03. The number of ketones is 1. The number of carbonyl (C=O) groups excluding carboxylic acids is 3. The maximum absolute atomic E-state index is 13.0. The molecule has 6 atom stereocenters. The van der Waals surface area contributed by atoms with Crippen molar-refractivity contribution in [2.45, 2.75) is 63.8 Å². The lowest BCUT2D eigenvalue weighted by Crippen LogP contribution is -2.46. The molecule has 0 amide bonds. The minimum absolute atomic E-state index is 0.0790. The van der Waals surface area contributed by atoms with Gasteiger partial charge in [0, 0.05) is 19.1 Å². The molecule has 2 saturated heterocycles. The van der Waals surface area contributed by atoms with Gasteiger partial charge in [-0.2, -0.15) is 0 Å². The molecule has 8 nitrogen and oxygen atoms in total. The summed E-state index contributed by atoms with van der Waals surface area (Å²) in [5.74, 6) is -4.68. The largest absolute Gasteiger partial charge is 0.461 e. The van der Waals surface area contributed by atoms with Gasteiger partial charge in [0.1, 0.15) is 17.8 Å². The van der Waals surface area contributed by atoms with Gasteiger partial charge in [0.2, 0.25) is 5.79 Å². The maximum Gasteiger partial charge on any atom is 0.334 e. The summed E-state index contributed by atoms with van der Waals surface area (Å²) in [5.41, 5.74) is -1.07. The van der Waals surface area contributed by atoms with Crippen molar-refractivity contribution >= 4 is 17.7 Å². The van der Waals surface area contributed by atoms with Gasteiger partial charge in [-0.3, -0.25) is 9.59 Å². The summed E-state index contributed by atoms with van der Waals surface area (Å²) in [6, 6.07) is 0. The van der Waals surface area contributed by atoms with E-state index in [1.54, 1.807) is 20.8 Å². The highest BCUT2D eigenvalue weighted by atomic mass is 16.7. The van der Waals surface area contributed by atoms with Gasteiger partial charge in [-0.05, 0) is 25.5 Å². The van der Waals surface area contributed by atoms with E-state index in [2.05, 4.69) is 6.58 Å². The first-order valence-electron chi connectivity index (χ1n) is 9.23. The fourth-order valence-electron chi connectivity index (χ4n) is 4.06. The molecule has 0 radical (unpaired) electrons. The molecular formula is C20H26O8. The Kier molecular flexibility index (Phi) is 5.02. The van der Waals surface area contributed by atoms with E-state index in [0.29, 0.717) is 0 Å². The second kappa shape index (κ2) is 6.79. The molecule has 0 aromatic carbocycles. The van der Waals surface area contributed by atoms with E-state index < -0.39 is 59.3 Å². The molecule has 28 heavy (non-hydrogen) atoms. The van der Waals surface area contributed by atoms with Crippen molar-refractivity contribution < 1.29 is 38.4 Å². The Morgan fingerprint density at radius 2 is 2.04 bits per heavy atom. The lowest BCUT2D eigenvalue weighted by Gasteiger charge is -2.32. The van der Waals surface area contributed by atoms with Gasteiger partial charge in [-0.15, -0.1) is 0 Å². The van der Waals surface area contributed by atoms with E-state index in [4.69, 9.17) is 18.9 Å². The highest BCUT2D eigenvalue weighted by Gasteiger charge is 2.64. The molecule has 0 unspecified atom stereocenters. The number of esters is 2. The van der Waals surface area contributed by atoms with Crippen LogP contribution in [0.4, 0.5) is 0 Å². The number of hydrogen-bond acceptors (Lipinski definition) is 8. The lowest BCUT2D eigenvalue weighted by molar-refractivity contribution is -0.229. The third-order valence-corrected chi connectivity index (χ3v) is 5.70. The molecule has 0 spiro atoms. The molecule has 3 heterocycles. The molecular weight excluding hydrogens is 368 g/mol. The molecule has 3 aliphatic heterocycles. The molecule has 3 rings (SSSR count). The number of Topliss-reactive ketones (excluding diaryl/α,β-unsaturated/α-hetero) is 1. The summed E-state index contributed by atoms with van der Waals surface area (Å²) < 4.78 is 22.1. The fourth-order valence-corrected chi connectivity index (χ4v) is 4.06. The number of ether oxygens (including phenoxy) is 4. The highest BCUT2D eigenvalue weighted by Crippen LogP contribution is 2.47. The van der Waals surface area contributed by atoms with Crippen molar-refractivity contribution in [1.82, 2.24) is 0 Å². The van der Waals surface area contributed by atoms with E-state index in [9.17, 15) is 19.5 Å². The van der Waals surface area contributed by atoms with Gasteiger partial charge in [0.15, 0.2) is 11.9 Å². The summed E-state index contributed by atoms with van der Waals surface area (Å²) in [6.45, 7) is 10.2. The van der Waals surface area contributed by atoms with Crippen LogP contribution in [0.3, 0.4) is 0 Å². The van der Waals surface area contributed by atoms with Crippen molar-refractivity contribution in [2.24, 2.45) is 11.8 Å². The van der Waals surface area contributed by atoms with Crippen molar-refractivity contribution in [3.05, 3.63) is 23.8 Å². The molecule has 0 aromatic rings. The minimum atomic E-state index is -2.02. The van der Waals surface area contributed by atoms with Crippen LogP contribution in [-0.4, -0.2) is 59.6 Å². The van der Waals surface area contributed by atoms with Crippen LogP contribution in [-0.2, 0) is 33.3 Å². The van der Waals surface area contributed by atoms with Gasteiger partial charge in [-0.25, -0.2) is 4.79 Å². The molecule has 0 aromatic heterocycles. The van der Waals surface area contributed by atoms with E-state index in [1.165, 1.54) is 20.1 Å². The van der Waals surface area contributed by atoms with Gasteiger partial charge < -0.3 is 24.1 Å². The number of hydrogen-bond donors (Lipinski definition) is 1. The standard InChI is InChI=1S/C20H26O8/c1-9(2)17(22)27-13-8-19(5)15(21)16(25-6)20(24,28-19)10(3)7-12-14(13)11(4)18(23)26-12/h7,9,12-14,16,24H,4,8H2,1-3,5-6H3/b10-7-/t12-,13-,14+,16+,19-,20+/m1/s1. The van der Waals surface area contributed by atoms with Crippen LogP contribution in [0.1, 0.15) is 34.1 Å². The zero-order valence-electron chi connectivity index (χ0n) is 16.7. The second-order valence-electron chi connectivity index (χ2n) is 8.11. The van der Waals surface area contributed by atoms with Crippen LogP contribution in [0, 0.1) is 11.8 Å². The van der Waals surface area contributed by atoms with Crippen molar-refractivity contribution in [3.8, 4) is 0 Å². The van der Waals surface area contributed by atoms with E-state index in [0.717, 1.165) is 0 Å². The van der Waals surface area contributed by atoms with Crippen LogP contribution in [0.15, 0.2) is 23.8 Å². The zero-order valence-corrected chi connectivity index (χ0v) is 16.7. The maximum atomic E-state index is 13.0. The second-order valence-corrected chi connectivity index (χ2v) is 8.11. The van der Waals surface area contributed by atoms with Gasteiger partial charge in [0.05, 0.1) is 11.8 Å². The quantitative estimate of drug-likeness (QED) is 0.430. The molecule has 2 fully saturated rings. The predicted molar refractivity (Wildman–Crippen MR) is 95.8 cm³/mol. The van der Waals surface area contributed by atoms with E-state index in [1.807, 2.05) is 0 Å². The summed E-state index contributed by atoms with van der Waals surface area (Å²) in [4.78, 5) is 37.5. The zero-order chi connectivity index (χ0) is 21.0. The van der Waals surface area contributed by atoms with Crippen LogP contribution in [0.5, 0.6) is 0 Å². The van der Waals surface area contributed by atoms with Crippen molar-refractivity contribution in [2.75, 3.05) is 7.11 Å². The molecule has 2 bridgehead atoms. The van der Waals surface area contributed by atoms with Gasteiger partial charge in [0.25, 0.3) is 0 Å².